The van der Waals surface area contributed by atoms with Crippen LogP contribution in [0.2, 0.25) is 0 Å². The molecule has 6 atom stereocenters. The van der Waals surface area contributed by atoms with Crippen molar-refractivity contribution in [1.29, 1.82) is 0 Å². The molecule has 472 valence electrons. The lowest BCUT2D eigenvalue weighted by Gasteiger charge is -2.40. The number of benzene rings is 5. The lowest BCUT2D eigenvalue weighted by Crippen LogP contribution is -2.52. The number of aliphatic hydroxyl groups is 12. The van der Waals surface area contributed by atoms with Gasteiger partial charge in [0.05, 0.1) is 38.5 Å². The summed E-state index contributed by atoms with van der Waals surface area (Å²) in [4.78, 5) is 96.8. The molecule has 10 aromatic rings. The van der Waals surface area contributed by atoms with E-state index >= 15 is 28.8 Å². The molecule has 9 aliphatic carbocycles. The first-order chi connectivity index (χ1) is 44.1. The standard InChI is InChI=1S/C71H62N2O18.CH4/c74-11-23(12-75)7-33(86)69(34(87)8-24(13-76)14-77)61-41-29-1-2-30-38-37(29)45-49(41)51-43(62(61)69)31-3-5-67-59-39(31)47(51)55-53(45)54-46(38)50-42(30)63-64(70(63,65(90)72-27(19-82)20-83)66(91)73-28(21-84)22-85)44-32-4-6-68(67,60-40(32)48(52(44)50)56(54)57(55)58(59)60)71(67,35(88)9-25(15-78)16-79)36(89)10-26(17-80)18-81;/h1-6,23-28,59-60,63-64,74-85H,7-22H2,(H,72,90)(H,73,91);1H4. The summed E-state index contributed by atoms with van der Waals surface area (Å²) in [5.41, 5.74) is -3.07. The van der Waals surface area contributed by atoms with E-state index in [0.717, 1.165) is 97.3 Å². The molecule has 0 aromatic heterocycles. The van der Waals surface area contributed by atoms with Gasteiger partial charge in [0.25, 0.3) is 0 Å². The summed E-state index contributed by atoms with van der Waals surface area (Å²) in [5, 5.41) is 149. The van der Waals surface area contributed by atoms with Crippen LogP contribution < -0.4 is 15.9 Å². The average Bonchev–Trinajstić information content (AvgIpc) is 1.38. The van der Waals surface area contributed by atoms with Crippen LogP contribution in [0.1, 0.15) is 101 Å². The van der Waals surface area contributed by atoms with Gasteiger partial charge >= 0.3 is 0 Å². The first-order valence-corrected chi connectivity index (χ1v) is 31.7. The van der Waals surface area contributed by atoms with Crippen LogP contribution >= 0.6 is 0 Å². The lowest BCUT2D eigenvalue weighted by atomic mass is 9.60. The quantitative estimate of drug-likeness (QED) is 0.0243. The molecular formula is C72H66N2O18. The highest BCUT2D eigenvalue weighted by molar-refractivity contribution is 6.61. The Labute approximate surface area is 521 Å². The summed E-state index contributed by atoms with van der Waals surface area (Å²) in [6.45, 7) is -7.46. The molecule has 2 spiro atoms. The van der Waals surface area contributed by atoms with Gasteiger partial charge in [0.15, 0.2) is 11.6 Å². The topological polar surface area (TPSA) is 369 Å². The molecule has 10 aromatic carbocycles. The first kappa shape index (κ1) is 57.4. The van der Waals surface area contributed by atoms with Gasteiger partial charge in [-0.3, -0.25) is 28.8 Å². The van der Waals surface area contributed by atoms with E-state index in [4.69, 9.17) is 0 Å². The van der Waals surface area contributed by atoms with Crippen molar-refractivity contribution in [3.63, 3.8) is 0 Å². The van der Waals surface area contributed by atoms with E-state index in [2.05, 4.69) is 10.6 Å². The van der Waals surface area contributed by atoms with Crippen molar-refractivity contribution in [3.8, 4) is 0 Å². The Balaban J connectivity index is 0.00000625. The highest BCUT2D eigenvalue weighted by atomic mass is 16.3. The van der Waals surface area contributed by atoms with Crippen LogP contribution in [0.25, 0.3) is 115 Å². The predicted octanol–water partition coefficient (Wildman–Crippen LogP) is 1.39. The summed E-state index contributed by atoms with van der Waals surface area (Å²) in [7, 11) is 0. The van der Waals surface area contributed by atoms with Gasteiger partial charge in [0.2, 0.25) is 11.8 Å². The molecule has 20 heteroatoms. The Morgan fingerprint density at radius 2 is 0.761 bits per heavy atom. The Morgan fingerprint density at radius 3 is 1.26 bits per heavy atom. The van der Waals surface area contributed by atoms with Gasteiger partial charge in [0.1, 0.15) is 27.8 Å². The van der Waals surface area contributed by atoms with Crippen molar-refractivity contribution in [2.45, 2.75) is 74.3 Å². The fourth-order valence-electron chi connectivity index (χ4n) is 22.0. The summed E-state index contributed by atoms with van der Waals surface area (Å²) in [6.07, 6.45) is 6.05. The second-order valence-corrected chi connectivity index (χ2v) is 28.3. The Bertz CT molecular complexity index is 5100. The van der Waals surface area contributed by atoms with Crippen molar-refractivity contribution >= 4 is 150 Å². The van der Waals surface area contributed by atoms with Crippen LogP contribution in [0.15, 0.2) is 24.3 Å². The number of ketones is 4. The fraction of sp³-hybridized carbons (Fsp3) is 0.444. The number of hydrogen-bond donors (Lipinski definition) is 14. The molecule has 14 N–H and O–H groups in total. The second kappa shape index (κ2) is 17.9. The summed E-state index contributed by atoms with van der Waals surface area (Å²) in [6, 6.07) is 1.50. The monoisotopic (exact) mass is 1250 g/mol. The molecule has 0 bridgehead atoms. The van der Waals surface area contributed by atoms with Crippen molar-refractivity contribution in [3.05, 3.63) is 74.0 Å². The summed E-state index contributed by atoms with van der Waals surface area (Å²) >= 11 is 0. The van der Waals surface area contributed by atoms with Crippen molar-refractivity contribution in [2.24, 2.45) is 45.3 Å². The molecule has 0 aliphatic heterocycles. The van der Waals surface area contributed by atoms with Gasteiger partial charge in [-0.25, -0.2) is 0 Å². The number of rotatable bonds is 28. The van der Waals surface area contributed by atoms with Crippen LogP contribution in [-0.2, 0) is 34.2 Å². The zero-order chi connectivity index (χ0) is 62.9. The summed E-state index contributed by atoms with van der Waals surface area (Å²) in [5.74, 6) is -11.4. The predicted molar refractivity (Wildman–Crippen MR) is 337 cm³/mol. The number of allylic oxidation sites excluding steroid dienone is 2. The van der Waals surface area contributed by atoms with E-state index in [1.807, 2.05) is 36.4 Å². The number of hydrogen-bond acceptors (Lipinski definition) is 18. The molecule has 6 unspecified atom stereocenters. The molecule has 92 heavy (non-hydrogen) atoms. The van der Waals surface area contributed by atoms with E-state index < -0.39 is 226 Å². The van der Waals surface area contributed by atoms with Gasteiger partial charge in [-0.2, -0.15) is 0 Å². The minimum Gasteiger partial charge on any atom is -0.396 e. The highest BCUT2D eigenvalue weighted by Gasteiger charge is 2.98. The molecule has 3 saturated carbocycles. The van der Waals surface area contributed by atoms with Gasteiger partial charge in [0, 0.05) is 137 Å². The van der Waals surface area contributed by atoms with Crippen LogP contribution in [0.4, 0.5) is 0 Å². The van der Waals surface area contributed by atoms with E-state index in [9.17, 15) is 61.3 Å². The molecule has 0 saturated heterocycles. The molecule has 9 aliphatic rings. The highest BCUT2D eigenvalue weighted by Crippen LogP contribution is 2.98. The maximum absolute atomic E-state index is 16.5. The Morgan fingerprint density at radius 1 is 0.391 bits per heavy atom. The minimum atomic E-state index is -2.08. The van der Waals surface area contributed by atoms with Crippen molar-refractivity contribution in [2.75, 3.05) is 79.3 Å². The van der Waals surface area contributed by atoms with Crippen LogP contribution in [-0.4, -0.2) is 188 Å². The largest absolute Gasteiger partial charge is 0.396 e. The molecule has 2 amide bonds. The molecule has 0 heterocycles. The molecule has 20 nitrogen and oxygen atoms in total. The van der Waals surface area contributed by atoms with E-state index in [1.165, 1.54) is 0 Å². The van der Waals surface area contributed by atoms with E-state index in [1.54, 1.807) is 0 Å². The molecule has 3 fully saturated rings. The van der Waals surface area contributed by atoms with Gasteiger partial charge in [-0.15, -0.1) is 0 Å². The number of carbonyl (C=O) groups excluding carboxylic acids is 6. The fourth-order valence-corrected chi connectivity index (χ4v) is 22.0. The number of nitrogens with one attached hydrogen (secondary N) is 2. The number of carbonyl (C=O) groups is 6. The van der Waals surface area contributed by atoms with E-state index in [0.29, 0.717) is 54.9 Å². The molecular weight excluding hydrogens is 1180 g/mol. The van der Waals surface area contributed by atoms with Crippen LogP contribution in [0.5, 0.6) is 0 Å². The maximum atomic E-state index is 16.5. The number of Topliss-reactive ketones (excluding diaryl/α,β-unsaturated/α-hetero) is 4. The number of aliphatic hydroxyl groups excluding tert-OH is 12. The third kappa shape index (κ3) is 5.30. The van der Waals surface area contributed by atoms with Gasteiger partial charge in [-0.1, -0.05) is 43.9 Å². The first-order valence-electron chi connectivity index (χ1n) is 31.7. The SMILES string of the molecule is C.O=C(CC(CO)CO)C1(C(=O)CC(CO)CO)c2c1c1c3ccc4c5c6c7c(c8c9c7c7c%10c%11c%12c%13c(c2c%12c1c1c3c4c6c7c%111)C=CC12C%13C=%10C9C1(C=C8)C2(C(=O)CC(CO)CO)C(=O)CC(CO)CO)C1C5C1(C(=O)NC(CO)CO)C(=O)NC(CO)CO. The van der Waals surface area contributed by atoms with Crippen molar-refractivity contribution < 1.29 is 90.0 Å². The van der Waals surface area contributed by atoms with Gasteiger partial charge in [-0.05, 0) is 152 Å². The average molecular weight is 1250 g/mol. The normalized spacial score (nSPS) is 24.3. The number of fused-ring (bicyclic) bond motifs is 10. The Hall–Kier alpha value is -7.28. The van der Waals surface area contributed by atoms with Crippen LogP contribution in [0.3, 0.4) is 0 Å². The van der Waals surface area contributed by atoms with Gasteiger partial charge < -0.3 is 71.9 Å². The lowest BCUT2D eigenvalue weighted by molar-refractivity contribution is -0.141. The summed E-state index contributed by atoms with van der Waals surface area (Å²) < 4.78 is 0. The smallest absolute Gasteiger partial charge is 0.237 e. The minimum absolute atomic E-state index is 0. The molecule has 19 rings (SSSR count). The van der Waals surface area contributed by atoms with Crippen molar-refractivity contribution in [1.82, 2.24) is 10.6 Å². The van der Waals surface area contributed by atoms with E-state index in [-0.39, 0.29) is 7.43 Å². The maximum Gasteiger partial charge on any atom is 0.237 e. The van der Waals surface area contributed by atoms with Crippen LogP contribution in [0, 0.1) is 45.3 Å². The number of amides is 2. The molecule has 0 radical (unpaired) electrons. The zero-order valence-electron chi connectivity index (χ0n) is 48.9. The third-order valence-electron chi connectivity index (χ3n) is 25.2. The zero-order valence-corrected chi connectivity index (χ0v) is 48.9. The third-order valence-corrected chi connectivity index (χ3v) is 25.2. The Kier molecular flexibility index (Phi) is 11.2. The second-order valence-electron chi connectivity index (χ2n) is 28.3.